The van der Waals surface area contributed by atoms with E-state index in [2.05, 4.69) is 33.6 Å². The predicted octanol–water partition coefficient (Wildman–Crippen LogP) is 3.15. The lowest BCUT2D eigenvalue weighted by Crippen LogP contribution is -2.57. The van der Waals surface area contributed by atoms with Crippen LogP contribution in [0.25, 0.3) is 0 Å². The first-order valence-electron chi connectivity index (χ1n) is 8.89. The second kappa shape index (κ2) is 7.49. The summed E-state index contributed by atoms with van der Waals surface area (Å²) in [6, 6.07) is 0.993. The Bertz CT molecular complexity index is 595. The number of aryl methyl sites for hydroxylation is 2. The van der Waals surface area contributed by atoms with Gasteiger partial charge in [0, 0.05) is 25.2 Å². The summed E-state index contributed by atoms with van der Waals surface area (Å²) in [6.45, 7) is 12.0. The standard InChI is InChI=1S/C18H28N4O2/c1-5-15-9-22(12-18-20-8-14(4)24-18)16(6-2)10-21(15)11-17-19-7-13(3)23-17/h7-8,15-16H,5-6,9-12H2,1-4H3/t15-,16-/m0/s1. The second-order valence-electron chi connectivity index (χ2n) is 6.71. The van der Waals surface area contributed by atoms with E-state index in [0.29, 0.717) is 12.1 Å². The minimum atomic E-state index is 0.496. The molecule has 0 saturated carbocycles. The average Bonchev–Trinajstić information content (AvgIpc) is 3.16. The molecule has 0 unspecified atom stereocenters. The van der Waals surface area contributed by atoms with Gasteiger partial charge >= 0.3 is 0 Å². The third kappa shape index (κ3) is 3.87. The van der Waals surface area contributed by atoms with Crippen molar-refractivity contribution in [3.05, 3.63) is 35.7 Å². The van der Waals surface area contributed by atoms with Gasteiger partial charge in [-0.15, -0.1) is 0 Å². The number of aromatic nitrogens is 2. The predicted molar refractivity (Wildman–Crippen MR) is 91.5 cm³/mol. The van der Waals surface area contributed by atoms with Crippen LogP contribution in [-0.2, 0) is 13.1 Å². The molecule has 1 aliphatic heterocycles. The molecule has 0 radical (unpaired) electrons. The van der Waals surface area contributed by atoms with Gasteiger partial charge in [0.25, 0.3) is 0 Å². The second-order valence-corrected chi connectivity index (χ2v) is 6.71. The number of rotatable bonds is 6. The topological polar surface area (TPSA) is 58.5 Å². The molecule has 0 N–H and O–H groups in total. The first-order chi connectivity index (χ1) is 11.6. The molecular weight excluding hydrogens is 304 g/mol. The molecule has 3 rings (SSSR count). The molecule has 0 aromatic carbocycles. The number of piperazine rings is 1. The summed E-state index contributed by atoms with van der Waals surface area (Å²) in [5, 5.41) is 0. The van der Waals surface area contributed by atoms with Gasteiger partial charge in [-0.25, -0.2) is 9.97 Å². The highest BCUT2D eigenvalue weighted by Crippen LogP contribution is 2.23. The molecule has 1 fully saturated rings. The van der Waals surface area contributed by atoms with Crippen molar-refractivity contribution in [1.82, 2.24) is 19.8 Å². The Kier molecular flexibility index (Phi) is 5.36. The van der Waals surface area contributed by atoms with Crippen LogP contribution in [0.5, 0.6) is 0 Å². The van der Waals surface area contributed by atoms with E-state index in [1.807, 2.05) is 13.8 Å². The molecule has 3 heterocycles. The molecule has 2 atom stereocenters. The molecule has 0 spiro atoms. The van der Waals surface area contributed by atoms with Crippen molar-refractivity contribution in [2.45, 2.75) is 65.7 Å². The molecule has 6 heteroatoms. The summed E-state index contributed by atoms with van der Waals surface area (Å²) in [4.78, 5) is 13.8. The Morgan fingerprint density at radius 3 is 1.58 bits per heavy atom. The van der Waals surface area contributed by atoms with Gasteiger partial charge in [0.05, 0.1) is 25.5 Å². The quantitative estimate of drug-likeness (QED) is 0.810. The Morgan fingerprint density at radius 2 is 1.29 bits per heavy atom. The van der Waals surface area contributed by atoms with Crippen molar-refractivity contribution in [2.24, 2.45) is 0 Å². The zero-order chi connectivity index (χ0) is 17.1. The number of hydrogen-bond acceptors (Lipinski definition) is 6. The van der Waals surface area contributed by atoms with Crippen molar-refractivity contribution in [2.75, 3.05) is 13.1 Å². The van der Waals surface area contributed by atoms with E-state index >= 15 is 0 Å². The fraction of sp³-hybridized carbons (Fsp3) is 0.667. The van der Waals surface area contributed by atoms with Gasteiger partial charge in [-0.3, -0.25) is 9.80 Å². The van der Waals surface area contributed by atoms with E-state index in [1.165, 1.54) is 0 Å². The number of oxazole rings is 2. The molecule has 2 aromatic heterocycles. The average molecular weight is 332 g/mol. The van der Waals surface area contributed by atoms with Crippen LogP contribution in [0.4, 0.5) is 0 Å². The van der Waals surface area contributed by atoms with Crippen LogP contribution in [0, 0.1) is 13.8 Å². The first kappa shape index (κ1) is 17.2. The van der Waals surface area contributed by atoms with Crippen LogP contribution in [0.1, 0.15) is 50.0 Å². The lowest BCUT2D eigenvalue weighted by atomic mass is 10.0. The highest BCUT2D eigenvalue weighted by molar-refractivity contribution is 4.96. The summed E-state index contributed by atoms with van der Waals surface area (Å²) < 4.78 is 11.4. The summed E-state index contributed by atoms with van der Waals surface area (Å²) >= 11 is 0. The van der Waals surface area contributed by atoms with Gasteiger partial charge in [0.15, 0.2) is 0 Å². The molecule has 1 aliphatic rings. The molecule has 2 aromatic rings. The van der Waals surface area contributed by atoms with Crippen LogP contribution < -0.4 is 0 Å². The largest absolute Gasteiger partial charge is 0.445 e. The fourth-order valence-corrected chi connectivity index (χ4v) is 3.53. The van der Waals surface area contributed by atoms with Gasteiger partial charge in [0.1, 0.15) is 11.5 Å². The summed E-state index contributed by atoms with van der Waals surface area (Å²) in [6.07, 6.45) is 5.82. The lowest BCUT2D eigenvalue weighted by molar-refractivity contribution is 0.00647. The van der Waals surface area contributed by atoms with Crippen molar-refractivity contribution in [3.63, 3.8) is 0 Å². The van der Waals surface area contributed by atoms with Crippen molar-refractivity contribution in [1.29, 1.82) is 0 Å². The number of nitrogens with zero attached hydrogens (tertiary/aromatic N) is 4. The Hall–Kier alpha value is -1.66. The van der Waals surface area contributed by atoms with Crippen molar-refractivity contribution >= 4 is 0 Å². The van der Waals surface area contributed by atoms with E-state index in [4.69, 9.17) is 8.83 Å². The zero-order valence-corrected chi connectivity index (χ0v) is 15.2. The summed E-state index contributed by atoms with van der Waals surface area (Å²) in [7, 11) is 0. The molecule has 0 amide bonds. The van der Waals surface area contributed by atoms with Gasteiger partial charge in [0.2, 0.25) is 11.8 Å². The normalized spacial score (nSPS) is 23.0. The van der Waals surface area contributed by atoms with Crippen molar-refractivity contribution < 1.29 is 8.83 Å². The van der Waals surface area contributed by atoms with E-state index in [0.717, 1.165) is 62.3 Å². The fourth-order valence-electron chi connectivity index (χ4n) is 3.53. The van der Waals surface area contributed by atoms with E-state index in [1.54, 1.807) is 12.4 Å². The van der Waals surface area contributed by atoms with Crippen LogP contribution in [0.2, 0.25) is 0 Å². The minimum absolute atomic E-state index is 0.496. The third-order valence-corrected chi connectivity index (χ3v) is 4.88. The van der Waals surface area contributed by atoms with Crippen molar-refractivity contribution in [3.8, 4) is 0 Å². The van der Waals surface area contributed by atoms with Crippen LogP contribution in [-0.4, -0.2) is 44.9 Å². The van der Waals surface area contributed by atoms with Crippen LogP contribution in [0.15, 0.2) is 21.2 Å². The van der Waals surface area contributed by atoms with Crippen LogP contribution in [0.3, 0.4) is 0 Å². The maximum absolute atomic E-state index is 5.68. The molecule has 1 saturated heterocycles. The lowest BCUT2D eigenvalue weighted by Gasteiger charge is -2.45. The van der Waals surface area contributed by atoms with Gasteiger partial charge < -0.3 is 8.83 Å². The molecule has 24 heavy (non-hydrogen) atoms. The first-order valence-corrected chi connectivity index (χ1v) is 8.89. The van der Waals surface area contributed by atoms with Gasteiger partial charge in [-0.05, 0) is 26.7 Å². The smallest absolute Gasteiger partial charge is 0.208 e. The molecule has 0 aliphatic carbocycles. The Labute approximate surface area is 143 Å². The maximum atomic E-state index is 5.68. The monoisotopic (exact) mass is 332 g/mol. The molecule has 132 valence electrons. The van der Waals surface area contributed by atoms with E-state index in [-0.39, 0.29) is 0 Å². The van der Waals surface area contributed by atoms with Crippen LogP contribution >= 0.6 is 0 Å². The highest BCUT2D eigenvalue weighted by atomic mass is 16.4. The van der Waals surface area contributed by atoms with E-state index < -0.39 is 0 Å². The SMILES string of the molecule is CC[C@H]1CN(Cc2ncc(C)o2)[C@@H](CC)CN1Cc1ncc(C)o1. The van der Waals surface area contributed by atoms with Gasteiger partial charge in [-0.2, -0.15) is 0 Å². The van der Waals surface area contributed by atoms with E-state index in [9.17, 15) is 0 Å². The highest BCUT2D eigenvalue weighted by Gasteiger charge is 2.33. The minimum Gasteiger partial charge on any atom is -0.445 e. The number of hydrogen-bond donors (Lipinski definition) is 0. The molecular formula is C18H28N4O2. The molecule has 6 nitrogen and oxygen atoms in total. The Balaban J connectivity index is 1.69. The summed E-state index contributed by atoms with van der Waals surface area (Å²) in [5.74, 6) is 3.39. The molecule has 0 bridgehead atoms. The van der Waals surface area contributed by atoms with Gasteiger partial charge in [-0.1, -0.05) is 13.8 Å². The summed E-state index contributed by atoms with van der Waals surface area (Å²) in [5.41, 5.74) is 0. The maximum Gasteiger partial charge on any atom is 0.208 e. The zero-order valence-electron chi connectivity index (χ0n) is 15.2. The Morgan fingerprint density at radius 1 is 0.875 bits per heavy atom. The third-order valence-electron chi connectivity index (χ3n) is 4.88.